The number of anilines is 6. The van der Waals surface area contributed by atoms with Crippen LogP contribution in [0.2, 0.25) is 0 Å². The molecule has 0 saturated carbocycles. The van der Waals surface area contributed by atoms with Crippen molar-refractivity contribution >= 4 is 95.7 Å². The van der Waals surface area contributed by atoms with Gasteiger partial charge in [-0.25, -0.2) is 0 Å². The fourth-order valence-electron chi connectivity index (χ4n) is 10.9. The van der Waals surface area contributed by atoms with Crippen molar-refractivity contribution in [2.45, 2.75) is 0 Å². The maximum atomic E-state index is 6.46. The van der Waals surface area contributed by atoms with Gasteiger partial charge in [0.1, 0.15) is 11.2 Å². The van der Waals surface area contributed by atoms with E-state index in [-0.39, 0.29) is 0 Å². The molecule has 11 aromatic carbocycles. The van der Waals surface area contributed by atoms with Crippen LogP contribution in [0.1, 0.15) is 0 Å². The van der Waals surface area contributed by atoms with Gasteiger partial charge >= 0.3 is 0 Å². The van der Waals surface area contributed by atoms with Crippen LogP contribution >= 0.6 is 0 Å². The lowest BCUT2D eigenvalue weighted by Crippen LogP contribution is -2.77. The topological polar surface area (TPSA) is 19.6 Å². The molecule has 68 heavy (non-hydrogen) atoms. The average molecular weight is 885 g/mol. The molecule has 0 aliphatic carbocycles. The van der Waals surface area contributed by atoms with Gasteiger partial charge in [-0.3, -0.25) is 0 Å². The van der Waals surface area contributed by atoms with Crippen LogP contribution in [0, 0.1) is 0 Å². The predicted molar refractivity (Wildman–Crippen MR) is 289 cm³/mol. The normalized spacial score (nSPS) is 12.8. The van der Waals surface area contributed by atoms with E-state index in [1.807, 2.05) is 12.1 Å². The monoisotopic (exact) mass is 884 g/mol. The highest BCUT2D eigenvalue weighted by molar-refractivity contribution is 7.21. The average Bonchev–Trinajstić information content (AvgIpc) is 3.79. The van der Waals surface area contributed by atoms with Crippen LogP contribution in [-0.2, 0) is 0 Å². The van der Waals surface area contributed by atoms with Crippen molar-refractivity contribution in [1.82, 2.24) is 0 Å². The Kier molecular flexibility index (Phi) is 9.51. The first kappa shape index (κ1) is 39.6. The van der Waals surface area contributed by atoms with Crippen LogP contribution in [0.15, 0.2) is 271 Å². The highest BCUT2D eigenvalue weighted by atomic mass is 28.3. The molecule has 4 heteroatoms. The molecule has 0 N–H and O–H groups in total. The van der Waals surface area contributed by atoms with Gasteiger partial charge in [0.2, 0.25) is 0 Å². The maximum Gasteiger partial charge on any atom is 0.184 e. The third-order valence-corrected chi connectivity index (χ3v) is 18.8. The third kappa shape index (κ3) is 6.41. The predicted octanol–water partition coefficient (Wildman–Crippen LogP) is 14.7. The van der Waals surface area contributed by atoms with E-state index in [1.54, 1.807) is 0 Å². The SMILES string of the molecule is c1ccc(N2c3ccccc3[Si](c3ccccc3)(c3ccccc3)c3ccc(-c4ccc(N(c5ccc(-c6cccc7ccccc67)cc5)c5ccc6c(c5)oc5ccccc56)cc4)cc32)cc1. The van der Waals surface area contributed by atoms with Gasteiger partial charge in [0.25, 0.3) is 0 Å². The highest BCUT2D eigenvalue weighted by Crippen LogP contribution is 2.43. The van der Waals surface area contributed by atoms with Crippen molar-refractivity contribution in [1.29, 1.82) is 0 Å². The molecule has 0 fully saturated rings. The number of fused-ring (bicyclic) bond motifs is 6. The van der Waals surface area contributed by atoms with E-state index in [9.17, 15) is 0 Å². The molecule has 3 nitrogen and oxygen atoms in total. The van der Waals surface area contributed by atoms with Crippen LogP contribution in [0.5, 0.6) is 0 Å². The second-order valence-electron chi connectivity index (χ2n) is 17.6. The second-order valence-corrected chi connectivity index (χ2v) is 21.4. The summed E-state index contributed by atoms with van der Waals surface area (Å²) >= 11 is 0. The van der Waals surface area contributed by atoms with Crippen LogP contribution in [0.3, 0.4) is 0 Å². The van der Waals surface area contributed by atoms with Gasteiger partial charge in [-0.2, -0.15) is 0 Å². The Bertz CT molecular complexity index is 3750. The molecule has 12 aromatic rings. The molecule has 0 atom stereocenters. The van der Waals surface area contributed by atoms with Gasteiger partial charge in [-0.05, 0) is 121 Å². The van der Waals surface area contributed by atoms with E-state index in [2.05, 4.69) is 265 Å². The number of benzene rings is 11. The minimum Gasteiger partial charge on any atom is -0.456 e. The third-order valence-electron chi connectivity index (χ3n) is 13.9. The molecule has 13 rings (SSSR count). The van der Waals surface area contributed by atoms with Gasteiger partial charge in [0, 0.05) is 51.0 Å². The van der Waals surface area contributed by atoms with Crippen molar-refractivity contribution in [2.24, 2.45) is 0 Å². The van der Waals surface area contributed by atoms with Crippen LogP contribution < -0.4 is 30.5 Å². The van der Waals surface area contributed by atoms with Crippen molar-refractivity contribution in [2.75, 3.05) is 9.80 Å². The Balaban J connectivity index is 0.955. The molecule has 2 heterocycles. The zero-order valence-electron chi connectivity index (χ0n) is 37.2. The molecular formula is C64H44N2OSi. The summed E-state index contributed by atoms with van der Waals surface area (Å²) in [6.45, 7) is 0. The first-order valence-electron chi connectivity index (χ1n) is 23.3. The molecule has 0 bridgehead atoms. The second kappa shape index (κ2) is 16.3. The molecule has 0 spiro atoms. The van der Waals surface area contributed by atoms with E-state index < -0.39 is 8.07 Å². The summed E-state index contributed by atoms with van der Waals surface area (Å²) in [5.41, 5.74) is 13.2. The summed E-state index contributed by atoms with van der Waals surface area (Å²) in [6.07, 6.45) is 0. The smallest absolute Gasteiger partial charge is 0.184 e. The number of rotatable bonds is 8. The highest BCUT2D eigenvalue weighted by Gasteiger charge is 2.48. The molecule has 0 radical (unpaired) electrons. The van der Waals surface area contributed by atoms with Gasteiger partial charge in [-0.1, -0.05) is 194 Å². The van der Waals surface area contributed by atoms with E-state index in [0.29, 0.717) is 0 Å². The van der Waals surface area contributed by atoms with E-state index in [4.69, 9.17) is 4.42 Å². The van der Waals surface area contributed by atoms with Crippen LogP contribution in [0.25, 0.3) is 55.0 Å². The van der Waals surface area contributed by atoms with Crippen molar-refractivity contribution < 1.29 is 4.42 Å². The van der Waals surface area contributed by atoms with Crippen molar-refractivity contribution in [3.63, 3.8) is 0 Å². The minimum atomic E-state index is -2.80. The Labute approximate surface area is 397 Å². The van der Waals surface area contributed by atoms with E-state index in [1.165, 1.54) is 54.0 Å². The first-order chi connectivity index (χ1) is 33.7. The number of furan rings is 1. The number of hydrogen-bond donors (Lipinski definition) is 0. The molecule has 1 aliphatic rings. The standard InChI is InChI=1S/C64H44N2OSi/c1-4-19-49(20-5-1)66-59-28-13-15-30-63(59)68(53-21-6-2-7-22-53,54-23-8-3-9-24-54)64-42-35-48(43-60(64)66)45-31-36-50(37-32-45)65(52-40-41-58-57-26-12-14-29-61(57)67-62(58)44-52)51-38-33-47(34-39-51)56-27-16-18-46-17-10-11-25-55(46)56/h1-44H. The Morgan fingerprint density at radius 2 is 0.882 bits per heavy atom. The zero-order valence-corrected chi connectivity index (χ0v) is 38.2. The van der Waals surface area contributed by atoms with Gasteiger partial charge in [-0.15, -0.1) is 0 Å². The summed E-state index contributed by atoms with van der Waals surface area (Å²) in [7, 11) is -2.80. The number of para-hydroxylation sites is 3. The molecule has 1 aliphatic heterocycles. The summed E-state index contributed by atoms with van der Waals surface area (Å²) in [5, 5.41) is 10.2. The van der Waals surface area contributed by atoms with Gasteiger partial charge in [0.05, 0.1) is 0 Å². The lowest BCUT2D eigenvalue weighted by Gasteiger charge is -2.45. The van der Waals surface area contributed by atoms with E-state index in [0.717, 1.165) is 55.8 Å². The van der Waals surface area contributed by atoms with Gasteiger partial charge < -0.3 is 14.2 Å². The van der Waals surface area contributed by atoms with Crippen LogP contribution in [-0.4, -0.2) is 8.07 Å². The van der Waals surface area contributed by atoms with Crippen molar-refractivity contribution in [3.8, 4) is 22.3 Å². The number of nitrogens with zero attached hydrogens (tertiary/aromatic N) is 2. The molecule has 1 aromatic heterocycles. The Morgan fingerprint density at radius 3 is 1.62 bits per heavy atom. The van der Waals surface area contributed by atoms with E-state index >= 15 is 0 Å². The van der Waals surface area contributed by atoms with Crippen molar-refractivity contribution in [3.05, 3.63) is 267 Å². The quantitative estimate of drug-likeness (QED) is 0.142. The maximum absolute atomic E-state index is 6.46. The summed E-state index contributed by atoms with van der Waals surface area (Å²) in [6, 6.07) is 97.7. The summed E-state index contributed by atoms with van der Waals surface area (Å²) in [5.74, 6) is 0. The molecule has 0 saturated heterocycles. The fraction of sp³-hybridized carbons (Fsp3) is 0. The first-order valence-corrected chi connectivity index (χ1v) is 25.3. The lowest BCUT2D eigenvalue weighted by molar-refractivity contribution is 0.669. The molecule has 0 amide bonds. The Hall–Kier alpha value is -8.70. The fourth-order valence-corrected chi connectivity index (χ4v) is 15.9. The summed E-state index contributed by atoms with van der Waals surface area (Å²) < 4.78 is 6.46. The summed E-state index contributed by atoms with van der Waals surface area (Å²) in [4.78, 5) is 4.82. The van der Waals surface area contributed by atoms with Crippen LogP contribution in [0.4, 0.5) is 34.1 Å². The minimum absolute atomic E-state index is 0.863. The zero-order chi connectivity index (χ0) is 45.0. The van der Waals surface area contributed by atoms with Gasteiger partial charge in [0.15, 0.2) is 8.07 Å². The number of hydrogen-bond acceptors (Lipinski definition) is 3. The lowest BCUT2D eigenvalue weighted by atomic mass is 9.98. The molecule has 0 unspecified atom stereocenters. The molecule has 320 valence electrons. The largest absolute Gasteiger partial charge is 0.456 e. The Morgan fingerprint density at radius 1 is 0.338 bits per heavy atom. The molecular weight excluding hydrogens is 841 g/mol.